The van der Waals surface area contributed by atoms with Crippen LogP contribution in [0.25, 0.3) is 0 Å². The van der Waals surface area contributed by atoms with E-state index in [2.05, 4.69) is 0 Å². The van der Waals surface area contributed by atoms with Crippen LogP contribution in [0.3, 0.4) is 0 Å². The smallest absolute Gasteiger partial charge is 0.163 e. The summed E-state index contributed by atoms with van der Waals surface area (Å²) < 4.78 is 0. The number of benzene rings is 2. The van der Waals surface area contributed by atoms with Crippen molar-refractivity contribution >= 4 is 29.0 Å². The molecule has 23 heavy (non-hydrogen) atoms. The Balaban J connectivity index is 2.35. The van der Waals surface area contributed by atoms with Gasteiger partial charge in [-0.25, -0.2) is 0 Å². The van der Waals surface area contributed by atoms with Gasteiger partial charge in [0.1, 0.15) is 5.92 Å². The second kappa shape index (κ2) is 7.79. The van der Waals surface area contributed by atoms with Crippen molar-refractivity contribution in [3.8, 4) is 12.1 Å². The first-order valence-corrected chi connectivity index (χ1v) is 7.65. The van der Waals surface area contributed by atoms with Gasteiger partial charge < -0.3 is 0 Å². The lowest BCUT2D eigenvalue weighted by Gasteiger charge is -2.18. The van der Waals surface area contributed by atoms with Crippen LogP contribution in [0.15, 0.2) is 48.5 Å². The highest BCUT2D eigenvalue weighted by atomic mass is 35.5. The number of carbonyl (C=O) groups excluding carboxylic acids is 1. The molecule has 0 fully saturated rings. The van der Waals surface area contributed by atoms with Crippen molar-refractivity contribution in [2.75, 3.05) is 0 Å². The summed E-state index contributed by atoms with van der Waals surface area (Å²) in [5, 5.41) is 19.2. The van der Waals surface area contributed by atoms with E-state index in [4.69, 9.17) is 23.2 Å². The first-order chi connectivity index (χ1) is 11.1. The molecule has 0 amide bonds. The van der Waals surface area contributed by atoms with E-state index in [1.807, 2.05) is 18.2 Å². The maximum absolute atomic E-state index is 12.4. The van der Waals surface area contributed by atoms with Crippen LogP contribution in [0.4, 0.5) is 0 Å². The van der Waals surface area contributed by atoms with E-state index in [-0.39, 0.29) is 12.2 Å². The second-order valence-electron chi connectivity index (χ2n) is 5.01. The van der Waals surface area contributed by atoms with E-state index in [0.717, 1.165) is 0 Å². The molecule has 0 heterocycles. The van der Waals surface area contributed by atoms with Gasteiger partial charge in [-0.2, -0.15) is 10.5 Å². The molecule has 0 aliphatic rings. The maximum Gasteiger partial charge on any atom is 0.163 e. The van der Waals surface area contributed by atoms with Gasteiger partial charge in [0.2, 0.25) is 0 Å². The van der Waals surface area contributed by atoms with Gasteiger partial charge >= 0.3 is 0 Å². The topological polar surface area (TPSA) is 64.7 Å². The zero-order valence-electron chi connectivity index (χ0n) is 12.0. The van der Waals surface area contributed by atoms with Crippen LogP contribution in [-0.4, -0.2) is 5.78 Å². The Labute approximate surface area is 144 Å². The van der Waals surface area contributed by atoms with Crippen molar-refractivity contribution in [3.05, 3.63) is 69.7 Å². The summed E-state index contributed by atoms with van der Waals surface area (Å²) >= 11 is 11.9. The molecule has 2 aromatic carbocycles. The summed E-state index contributed by atoms with van der Waals surface area (Å²) in [5.74, 6) is -1.63. The van der Waals surface area contributed by atoms with E-state index in [1.54, 1.807) is 42.5 Å². The highest BCUT2D eigenvalue weighted by Gasteiger charge is 2.26. The molecule has 2 rings (SSSR count). The molecule has 0 saturated heterocycles. The van der Waals surface area contributed by atoms with E-state index in [1.165, 1.54) is 0 Å². The molecule has 0 aliphatic carbocycles. The van der Waals surface area contributed by atoms with E-state index in [9.17, 15) is 15.3 Å². The van der Waals surface area contributed by atoms with Crippen LogP contribution in [0.2, 0.25) is 10.0 Å². The fourth-order valence-corrected chi connectivity index (χ4v) is 2.63. The lowest BCUT2D eigenvalue weighted by Crippen LogP contribution is -2.15. The number of nitrogens with zero attached hydrogens (tertiary/aromatic N) is 2. The molecule has 0 unspecified atom stereocenters. The minimum Gasteiger partial charge on any atom is -0.294 e. The average molecular weight is 343 g/mol. The molecule has 0 bridgehead atoms. The highest BCUT2D eigenvalue weighted by Crippen LogP contribution is 2.33. The summed E-state index contributed by atoms with van der Waals surface area (Å²) in [7, 11) is 0. The molecule has 114 valence electrons. The Hall–Kier alpha value is -2.33. The fourth-order valence-electron chi connectivity index (χ4n) is 2.32. The molecule has 0 saturated carbocycles. The SMILES string of the molecule is N#CC(C#N)[C@H](CC(=O)c1ccccc1)c1ccc(Cl)c(Cl)c1. The van der Waals surface area contributed by atoms with E-state index >= 15 is 0 Å². The van der Waals surface area contributed by atoms with Crippen molar-refractivity contribution in [2.45, 2.75) is 12.3 Å². The summed E-state index contributed by atoms with van der Waals surface area (Å²) in [6.45, 7) is 0. The molecule has 0 aliphatic heterocycles. The predicted octanol–water partition coefficient (Wildman–Crippen LogP) is 5.01. The van der Waals surface area contributed by atoms with Crippen LogP contribution >= 0.6 is 23.2 Å². The summed E-state index contributed by atoms with van der Waals surface area (Å²) in [5.41, 5.74) is 1.20. The Morgan fingerprint density at radius 2 is 1.65 bits per heavy atom. The fraction of sp³-hybridized carbons (Fsp3) is 0.167. The quantitative estimate of drug-likeness (QED) is 0.717. The number of halogens is 2. The number of ketones is 1. The molecule has 1 atom stereocenters. The summed E-state index contributed by atoms with van der Waals surface area (Å²) in [4.78, 5) is 12.4. The monoisotopic (exact) mass is 342 g/mol. The van der Waals surface area contributed by atoms with Crippen molar-refractivity contribution in [1.29, 1.82) is 10.5 Å². The van der Waals surface area contributed by atoms with Crippen LogP contribution in [0, 0.1) is 28.6 Å². The third-order valence-electron chi connectivity index (χ3n) is 3.55. The van der Waals surface area contributed by atoms with Crippen LogP contribution in [-0.2, 0) is 0 Å². The van der Waals surface area contributed by atoms with Gasteiger partial charge in [-0.3, -0.25) is 4.79 Å². The normalized spacial score (nSPS) is 11.5. The largest absolute Gasteiger partial charge is 0.294 e. The number of rotatable bonds is 5. The number of nitriles is 2. The zero-order valence-corrected chi connectivity index (χ0v) is 13.6. The molecule has 0 spiro atoms. The Morgan fingerprint density at radius 3 is 2.22 bits per heavy atom. The number of Topliss-reactive ketones (excluding diaryl/α,β-unsaturated/α-hetero) is 1. The number of carbonyl (C=O) groups is 1. The number of hydrogen-bond acceptors (Lipinski definition) is 3. The Morgan fingerprint density at radius 1 is 1.00 bits per heavy atom. The van der Waals surface area contributed by atoms with Crippen LogP contribution in [0.5, 0.6) is 0 Å². The minimum absolute atomic E-state index is 0.0494. The summed E-state index contributed by atoms with van der Waals surface area (Å²) in [6, 6.07) is 17.6. The minimum atomic E-state index is -0.945. The highest BCUT2D eigenvalue weighted by molar-refractivity contribution is 6.42. The van der Waals surface area contributed by atoms with E-state index in [0.29, 0.717) is 21.2 Å². The van der Waals surface area contributed by atoms with Crippen molar-refractivity contribution in [1.82, 2.24) is 0 Å². The first-order valence-electron chi connectivity index (χ1n) is 6.89. The van der Waals surface area contributed by atoms with Crippen molar-refractivity contribution in [3.63, 3.8) is 0 Å². The molecule has 3 nitrogen and oxygen atoms in total. The van der Waals surface area contributed by atoms with Crippen molar-refractivity contribution < 1.29 is 4.79 Å². The summed E-state index contributed by atoms with van der Waals surface area (Å²) in [6.07, 6.45) is 0.0494. The van der Waals surface area contributed by atoms with Gasteiger partial charge in [-0.1, -0.05) is 59.6 Å². The van der Waals surface area contributed by atoms with E-state index < -0.39 is 11.8 Å². The lowest BCUT2D eigenvalue weighted by atomic mass is 9.83. The standard InChI is InChI=1S/C18H12Cl2N2O/c19-16-7-6-13(8-17(16)20)15(14(10-21)11-22)9-18(23)12-4-2-1-3-5-12/h1-8,14-15H,9H2/t15-/m1/s1. The van der Waals surface area contributed by atoms with Gasteiger partial charge in [0.25, 0.3) is 0 Å². The van der Waals surface area contributed by atoms with Gasteiger partial charge in [-0.05, 0) is 17.7 Å². The van der Waals surface area contributed by atoms with Crippen LogP contribution in [0.1, 0.15) is 28.3 Å². The average Bonchev–Trinajstić information content (AvgIpc) is 2.58. The third kappa shape index (κ3) is 4.11. The molecule has 0 aromatic heterocycles. The van der Waals surface area contributed by atoms with Crippen LogP contribution < -0.4 is 0 Å². The van der Waals surface area contributed by atoms with Gasteiger partial charge in [0, 0.05) is 17.9 Å². The number of hydrogen-bond donors (Lipinski definition) is 0. The molecule has 0 N–H and O–H groups in total. The van der Waals surface area contributed by atoms with Gasteiger partial charge in [-0.15, -0.1) is 0 Å². The Kier molecular flexibility index (Phi) is 5.77. The molecule has 5 heteroatoms. The lowest BCUT2D eigenvalue weighted by molar-refractivity contribution is 0.0971. The second-order valence-corrected chi connectivity index (χ2v) is 5.82. The zero-order chi connectivity index (χ0) is 16.8. The molecule has 0 radical (unpaired) electrons. The molecule has 2 aromatic rings. The predicted molar refractivity (Wildman–Crippen MR) is 89.3 cm³/mol. The molecular formula is C18H12Cl2N2O. The Bertz CT molecular complexity index is 777. The van der Waals surface area contributed by atoms with Gasteiger partial charge in [0.05, 0.1) is 22.2 Å². The maximum atomic E-state index is 12.4. The first kappa shape index (κ1) is 17.0. The van der Waals surface area contributed by atoms with Gasteiger partial charge in [0.15, 0.2) is 5.78 Å². The third-order valence-corrected chi connectivity index (χ3v) is 4.29. The molecular weight excluding hydrogens is 331 g/mol. The van der Waals surface area contributed by atoms with Crippen molar-refractivity contribution in [2.24, 2.45) is 5.92 Å².